The van der Waals surface area contributed by atoms with Gasteiger partial charge in [-0.2, -0.15) is 0 Å². The van der Waals surface area contributed by atoms with Crippen LogP contribution in [0.5, 0.6) is 0 Å². The van der Waals surface area contributed by atoms with Crippen molar-refractivity contribution in [1.82, 2.24) is 19.7 Å². The number of likely N-dealkylation sites (N-methyl/N-ethyl adjacent to an activating group) is 1. The highest BCUT2D eigenvalue weighted by atomic mass is 19.1. The number of halogens is 1. The third-order valence-corrected chi connectivity index (χ3v) is 8.69. The molecule has 1 atom stereocenters. The fourth-order valence-electron chi connectivity index (χ4n) is 6.43. The highest BCUT2D eigenvalue weighted by molar-refractivity contribution is 5.98. The zero-order valence-electron chi connectivity index (χ0n) is 22.8. The fourth-order valence-corrected chi connectivity index (χ4v) is 6.43. The van der Waals surface area contributed by atoms with Crippen molar-refractivity contribution in [2.75, 3.05) is 31.7 Å². The summed E-state index contributed by atoms with van der Waals surface area (Å²) in [6.45, 7) is 2.91. The lowest BCUT2D eigenvalue weighted by Gasteiger charge is -2.44. The van der Waals surface area contributed by atoms with Gasteiger partial charge in [0, 0.05) is 39.4 Å². The van der Waals surface area contributed by atoms with Crippen LogP contribution < -0.4 is 15.8 Å². The minimum absolute atomic E-state index is 0.000907. The van der Waals surface area contributed by atoms with Crippen molar-refractivity contribution in [1.29, 1.82) is 0 Å². The first-order chi connectivity index (χ1) is 18.6. The molecule has 39 heavy (non-hydrogen) atoms. The Morgan fingerprint density at radius 2 is 1.74 bits per heavy atom. The van der Waals surface area contributed by atoms with Gasteiger partial charge in [-0.3, -0.25) is 19.2 Å². The Hall–Kier alpha value is -3.69. The molecule has 5 rings (SSSR count). The number of nitrogens with zero attached hydrogens (tertiary/aromatic N) is 4. The van der Waals surface area contributed by atoms with Crippen molar-refractivity contribution in [2.24, 2.45) is 13.0 Å². The van der Waals surface area contributed by atoms with Gasteiger partial charge in [0.15, 0.2) is 0 Å². The van der Waals surface area contributed by atoms with Crippen LogP contribution in [0.15, 0.2) is 41.3 Å². The molecule has 1 saturated carbocycles. The quantitative estimate of drug-likeness (QED) is 0.632. The molecule has 2 aromatic rings. The standard InChI is InChI=1S/C29H36FN5O4/c1-19-8-10-23(30)22(16-19)26(37)31-25(20-6-4-5-7-20)27(38)34-14-12-29(13-15-34)28(39)33(3)18-35(29)21-9-11-24(36)32(2)17-21/h8-11,16-17,20,25H,4-7,12-15,18H2,1-3H3,(H,31,37)/t25-/m1/s1. The maximum atomic E-state index is 14.4. The van der Waals surface area contributed by atoms with Crippen molar-refractivity contribution in [3.8, 4) is 0 Å². The van der Waals surface area contributed by atoms with Gasteiger partial charge in [-0.15, -0.1) is 0 Å². The molecule has 1 spiro atoms. The summed E-state index contributed by atoms with van der Waals surface area (Å²) in [7, 11) is 3.45. The van der Waals surface area contributed by atoms with Crippen molar-refractivity contribution < 1.29 is 18.8 Å². The zero-order chi connectivity index (χ0) is 27.9. The van der Waals surface area contributed by atoms with E-state index in [-0.39, 0.29) is 28.9 Å². The minimum Gasteiger partial charge on any atom is -0.341 e. The van der Waals surface area contributed by atoms with Crippen molar-refractivity contribution in [3.05, 3.63) is 63.8 Å². The molecule has 0 bridgehead atoms. The molecule has 3 amide bonds. The van der Waals surface area contributed by atoms with Gasteiger partial charge in [0.2, 0.25) is 17.4 Å². The zero-order valence-corrected chi connectivity index (χ0v) is 22.8. The lowest BCUT2D eigenvalue weighted by atomic mass is 9.84. The number of carbonyl (C=O) groups is 3. The molecule has 208 valence electrons. The third-order valence-electron chi connectivity index (χ3n) is 8.69. The number of benzene rings is 1. The number of aromatic nitrogens is 1. The largest absolute Gasteiger partial charge is 0.341 e. The second-order valence-electron chi connectivity index (χ2n) is 11.2. The Kier molecular flexibility index (Phi) is 7.22. The molecule has 3 heterocycles. The summed E-state index contributed by atoms with van der Waals surface area (Å²) in [5, 5.41) is 2.88. The lowest BCUT2D eigenvalue weighted by molar-refractivity contribution is -0.139. The number of aryl methyl sites for hydroxylation is 2. The molecular weight excluding hydrogens is 501 g/mol. The molecule has 1 aromatic carbocycles. The number of nitrogens with one attached hydrogen (secondary N) is 1. The number of likely N-dealkylation sites (tertiary alicyclic amines) is 1. The van der Waals surface area contributed by atoms with Gasteiger partial charge in [0.1, 0.15) is 17.4 Å². The highest BCUT2D eigenvalue weighted by Gasteiger charge is 2.53. The number of anilines is 1. The molecule has 1 aromatic heterocycles. The van der Waals surface area contributed by atoms with Gasteiger partial charge < -0.3 is 24.6 Å². The maximum absolute atomic E-state index is 14.4. The SMILES string of the molecule is Cc1ccc(F)c(C(=O)N[C@@H](C(=O)N2CCC3(CC2)C(=O)N(C)CN3c2ccc(=O)n(C)c2)C2CCCC2)c1. The molecule has 3 fully saturated rings. The summed E-state index contributed by atoms with van der Waals surface area (Å²) >= 11 is 0. The predicted octanol–water partition coefficient (Wildman–Crippen LogP) is 2.42. The summed E-state index contributed by atoms with van der Waals surface area (Å²) < 4.78 is 15.9. The maximum Gasteiger partial charge on any atom is 0.254 e. The van der Waals surface area contributed by atoms with Crippen molar-refractivity contribution in [3.63, 3.8) is 0 Å². The van der Waals surface area contributed by atoms with Crippen LogP contribution in [0.1, 0.15) is 54.4 Å². The monoisotopic (exact) mass is 537 g/mol. The first kappa shape index (κ1) is 26.9. The van der Waals surface area contributed by atoms with E-state index in [0.29, 0.717) is 32.6 Å². The van der Waals surface area contributed by atoms with Gasteiger partial charge in [-0.1, -0.05) is 24.5 Å². The number of hydrogen-bond donors (Lipinski definition) is 1. The van der Waals surface area contributed by atoms with Crippen LogP contribution in [0.3, 0.4) is 0 Å². The molecule has 2 saturated heterocycles. The van der Waals surface area contributed by atoms with Gasteiger partial charge in [-0.25, -0.2) is 4.39 Å². The van der Waals surface area contributed by atoms with E-state index in [1.807, 2.05) is 4.90 Å². The Morgan fingerprint density at radius 1 is 1.05 bits per heavy atom. The van der Waals surface area contributed by atoms with Crippen LogP contribution in [0, 0.1) is 18.7 Å². The summed E-state index contributed by atoms with van der Waals surface area (Å²) in [5.74, 6) is -1.38. The second-order valence-corrected chi connectivity index (χ2v) is 11.2. The lowest BCUT2D eigenvalue weighted by Crippen LogP contribution is -2.60. The summed E-state index contributed by atoms with van der Waals surface area (Å²) in [5.41, 5.74) is 0.556. The molecule has 0 radical (unpaired) electrons. The van der Waals surface area contributed by atoms with E-state index in [0.717, 1.165) is 36.9 Å². The van der Waals surface area contributed by atoms with Crippen LogP contribution in [0.25, 0.3) is 0 Å². The smallest absolute Gasteiger partial charge is 0.254 e. The molecule has 1 N–H and O–H groups in total. The van der Waals surface area contributed by atoms with E-state index in [1.54, 1.807) is 49.1 Å². The van der Waals surface area contributed by atoms with E-state index in [1.165, 1.54) is 22.8 Å². The number of hydrogen-bond acceptors (Lipinski definition) is 5. The highest BCUT2D eigenvalue weighted by Crippen LogP contribution is 2.39. The third kappa shape index (κ3) is 4.92. The summed E-state index contributed by atoms with van der Waals surface area (Å²) in [4.78, 5) is 57.8. The van der Waals surface area contributed by atoms with Gasteiger partial charge in [0.05, 0.1) is 17.9 Å². The Labute approximate surface area is 227 Å². The minimum atomic E-state index is -0.806. The predicted molar refractivity (Wildman–Crippen MR) is 145 cm³/mol. The molecule has 0 unspecified atom stereocenters. The first-order valence-electron chi connectivity index (χ1n) is 13.7. The van der Waals surface area contributed by atoms with Gasteiger partial charge >= 0.3 is 0 Å². The molecule has 2 aliphatic heterocycles. The van der Waals surface area contributed by atoms with Crippen LogP contribution >= 0.6 is 0 Å². The van der Waals surface area contributed by atoms with Gasteiger partial charge in [-0.05, 0) is 56.7 Å². The van der Waals surface area contributed by atoms with Crippen LogP contribution in [0.2, 0.25) is 0 Å². The number of pyridine rings is 1. The van der Waals surface area contributed by atoms with E-state index in [2.05, 4.69) is 5.32 Å². The van der Waals surface area contributed by atoms with Crippen LogP contribution in [-0.2, 0) is 16.6 Å². The Balaban J connectivity index is 1.35. The Morgan fingerprint density at radius 3 is 2.41 bits per heavy atom. The molecule has 10 heteroatoms. The van der Waals surface area contributed by atoms with E-state index < -0.39 is 23.3 Å². The summed E-state index contributed by atoms with van der Waals surface area (Å²) in [6.07, 6.45) is 6.24. The number of amides is 3. The van der Waals surface area contributed by atoms with Crippen molar-refractivity contribution in [2.45, 2.75) is 57.0 Å². The van der Waals surface area contributed by atoms with Crippen LogP contribution in [0.4, 0.5) is 10.1 Å². The first-order valence-corrected chi connectivity index (χ1v) is 13.7. The molecule has 1 aliphatic carbocycles. The normalized spacial score (nSPS) is 20.1. The topological polar surface area (TPSA) is 95.0 Å². The van der Waals surface area contributed by atoms with E-state index in [4.69, 9.17) is 0 Å². The van der Waals surface area contributed by atoms with Crippen molar-refractivity contribution >= 4 is 23.4 Å². The van der Waals surface area contributed by atoms with E-state index in [9.17, 15) is 23.6 Å². The number of rotatable bonds is 5. The Bertz CT molecular complexity index is 1340. The molecular formula is C29H36FN5O4. The number of carbonyl (C=O) groups excluding carboxylic acids is 3. The summed E-state index contributed by atoms with van der Waals surface area (Å²) in [6, 6.07) is 6.88. The van der Waals surface area contributed by atoms with E-state index >= 15 is 0 Å². The fraction of sp³-hybridized carbons (Fsp3) is 0.517. The van der Waals surface area contributed by atoms with Crippen LogP contribution in [-0.4, -0.2) is 70.5 Å². The number of piperidine rings is 1. The van der Waals surface area contributed by atoms with Gasteiger partial charge in [0.25, 0.3) is 5.91 Å². The second kappa shape index (κ2) is 10.5. The molecule has 9 nitrogen and oxygen atoms in total. The molecule has 3 aliphatic rings. The average Bonchev–Trinajstić information content (AvgIpc) is 3.54. The average molecular weight is 538 g/mol.